The zero-order valence-electron chi connectivity index (χ0n) is 9.52. The molecule has 0 atom stereocenters. The van der Waals surface area contributed by atoms with Gasteiger partial charge in [-0.1, -0.05) is 30.7 Å². The third kappa shape index (κ3) is 3.23. The Morgan fingerprint density at radius 1 is 1.06 bits per heavy atom. The molecule has 2 heteroatoms. The molecule has 84 valence electrons. The van der Waals surface area contributed by atoms with E-state index in [1.54, 1.807) is 0 Å². The molecule has 2 rings (SSSR count). The van der Waals surface area contributed by atoms with E-state index in [1.165, 1.54) is 24.9 Å². The van der Waals surface area contributed by atoms with Gasteiger partial charge in [-0.2, -0.15) is 0 Å². The number of fused-ring (bicyclic) bond motifs is 1. The Kier molecular flexibility index (Phi) is 4.17. The molecule has 1 N–H and O–H groups in total. The van der Waals surface area contributed by atoms with Gasteiger partial charge in [0.25, 0.3) is 0 Å². The monoisotopic (exact) mass is 214 g/mol. The van der Waals surface area contributed by atoms with Gasteiger partial charge >= 0.3 is 0 Å². The average Bonchev–Trinajstić information content (AvgIpc) is 2.30. The van der Waals surface area contributed by atoms with Crippen LogP contribution in [0, 0.1) is 0 Å². The second-order valence-electron chi connectivity index (χ2n) is 4.03. The quantitative estimate of drug-likeness (QED) is 0.701. The van der Waals surface area contributed by atoms with Crippen molar-refractivity contribution in [1.82, 2.24) is 0 Å². The molecule has 0 bridgehead atoms. The lowest BCUT2D eigenvalue weighted by Gasteiger charge is -2.09. The van der Waals surface area contributed by atoms with Crippen LogP contribution in [-0.2, 0) is 0 Å². The molecule has 0 aliphatic carbocycles. The Labute approximate surface area is 97.1 Å². The van der Waals surface area contributed by atoms with Crippen molar-refractivity contribution >= 4 is 11.9 Å². The van der Waals surface area contributed by atoms with E-state index in [2.05, 4.69) is 34.6 Å². The minimum atomic E-state index is 1.05. The number of para-hydroxylation sites is 1. The van der Waals surface area contributed by atoms with Crippen molar-refractivity contribution in [2.24, 2.45) is 4.99 Å². The first-order chi connectivity index (χ1) is 7.97. The van der Waals surface area contributed by atoms with E-state index in [0.29, 0.717) is 0 Å². The fourth-order valence-electron chi connectivity index (χ4n) is 1.82. The highest BCUT2D eigenvalue weighted by molar-refractivity contribution is 5.87. The predicted molar refractivity (Wildman–Crippen MR) is 70.1 cm³/mol. The molecular weight excluding hydrogens is 196 g/mol. The number of nitrogens with one attached hydrogen (secondary N) is 1. The van der Waals surface area contributed by atoms with Crippen molar-refractivity contribution in [2.45, 2.75) is 25.7 Å². The summed E-state index contributed by atoms with van der Waals surface area (Å²) < 4.78 is 0. The van der Waals surface area contributed by atoms with Crippen LogP contribution in [0.25, 0.3) is 0 Å². The number of allylic oxidation sites excluding steroid dienone is 1. The fourth-order valence-corrected chi connectivity index (χ4v) is 1.82. The molecule has 16 heavy (non-hydrogen) atoms. The Bertz CT molecular complexity index is 380. The standard InChI is InChI=1S/C14H18N2/c1-2-6-10-15-12-13-8-4-5-9-14(13)16-11-7-3-1/h4-6,8-10,12,16H,1-3,7,11H2. The summed E-state index contributed by atoms with van der Waals surface area (Å²) in [5.74, 6) is 0. The van der Waals surface area contributed by atoms with Gasteiger partial charge in [-0.05, 0) is 25.3 Å². The van der Waals surface area contributed by atoms with Crippen LogP contribution in [0.15, 0.2) is 41.5 Å². The summed E-state index contributed by atoms with van der Waals surface area (Å²) in [5, 5.41) is 3.47. The molecule has 0 radical (unpaired) electrons. The first-order valence-electron chi connectivity index (χ1n) is 5.98. The molecule has 1 aromatic carbocycles. The summed E-state index contributed by atoms with van der Waals surface area (Å²) in [6, 6.07) is 8.30. The summed E-state index contributed by atoms with van der Waals surface area (Å²) in [5.41, 5.74) is 2.34. The Hall–Kier alpha value is -1.57. The number of hydrogen-bond acceptors (Lipinski definition) is 2. The lowest BCUT2D eigenvalue weighted by atomic mass is 10.1. The maximum absolute atomic E-state index is 4.30. The summed E-state index contributed by atoms with van der Waals surface area (Å²) >= 11 is 0. The van der Waals surface area contributed by atoms with E-state index < -0.39 is 0 Å². The average molecular weight is 214 g/mol. The number of rotatable bonds is 0. The minimum absolute atomic E-state index is 1.05. The zero-order chi connectivity index (χ0) is 11.1. The van der Waals surface area contributed by atoms with E-state index in [0.717, 1.165) is 18.5 Å². The lowest BCUT2D eigenvalue weighted by molar-refractivity contribution is 0.707. The van der Waals surface area contributed by atoms with Gasteiger partial charge in [-0.3, -0.25) is 4.99 Å². The topological polar surface area (TPSA) is 24.4 Å². The van der Waals surface area contributed by atoms with Crippen molar-refractivity contribution in [3.8, 4) is 0 Å². The molecule has 1 aliphatic rings. The molecule has 0 saturated carbocycles. The molecule has 2 nitrogen and oxygen atoms in total. The van der Waals surface area contributed by atoms with Crippen LogP contribution in [0.2, 0.25) is 0 Å². The largest absolute Gasteiger partial charge is 0.385 e. The molecule has 0 spiro atoms. The van der Waals surface area contributed by atoms with E-state index in [4.69, 9.17) is 0 Å². The minimum Gasteiger partial charge on any atom is -0.385 e. The van der Waals surface area contributed by atoms with Crippen LogP contribution in [0.5, 0.6) is 0 Å². The first-order valence-corrected chi connectivity index (χ1v) is 5.98. The smallest absolute Gasteiger partial charge is 0.0429 e. The zero-order valence-corrected chi connectivity index (χ0v) is 9.52. The Morgan fingerprint density at radius 2 is 2.00 bits per heavy atom. The van der Waals surface area contributed by atoms with Gasteiger partial charge in [-0.25, -0.2) is 0 Å². The molecule has 0 fully saturated rings. The van der Waals surface area contributed by atoms with Gasteiger partial charge in [0.15, 0.2) is 0 Å². The van der Waals surface area contributed by atoms with Gasteiger partial charge in [0.2, 0.25) is 0 Å². The molecule has 0 unspecified atom stereocenters. The third-order valence-corrected chi connectivity index (χ3v) is 2.73. The normalized spacial score (nSPS) is 16.8. The maximum Gasteiger partial charge on any atom is 0.0429 e. The summed E-state index contributed by atoms with van der Waals surface area (Å²) in [7, 11) is 0. The summed E-state index contributed by atoms with van der Waals surface area (Å²) in [4.78, 5) is 4.30. The van der Waals surface area contributed by atoms with Crippen LogP contribution in [0.3, 0.4) is 0 Å². The van der Waals surface area contributed by atoms with Gasteiger partial charge in [0, 0.05) is 30.2 Å². The number of nitrogens with zero attached hydrogens (tertiary/aromatic N) is 1. The number of anilines is 1. The van der Waals surface area contributed by atoms with Crippen molar-refractivity contribution in [1.29, 1.82) is 0 Å². The van der Waals surface area contributed by atoms with Crippen LogP contribution in [0.4, 0.5) is 5.69 Å². The van der Waals surface area contributed by atoms with Gasteiger partial charge in [0.05, 0.1) is 0 Å². The van der Waals surface area contributed by atoms with E-state index >= 15 is 0 Å². The van der Waals surface area contributed by atoms with Gasteiger partial charge in [-0.15, -0.1) is 0 Å². The first kappa shape index (κ1) is 10.9. The SMILES string of the molecule is C1=CN=Cc2ccccc2NCCCCC1. The second kappa shape index (κ2) is 6.11. The molecule has 0 aromatic heterocycles. The van der Waals surface area contributed by atoms with E-state index in [9.17, 15) is 0 Å². The van der Waals surface area contributed by atoms with Crippen molar-refractivity contribution in [3.05, 3.63) is 42.1 Å². The van der Waals surface area contributed by atoms with Gasteiger partial charge in [0.1, 0.15) is 0 Å². The van der Waals surface area contributed by atoms with Crippen LogP contribution < -0.4 is 5.32 Å². The van der Waals surface area contributed by atoms with Gasteiger partial charge < -0.3 is 5.32 Å². The van der Waals surface area contributed by atoms with Crippen molar-refractivity contribution in [2.75, 3.05) is 11.9 Å². The van der Waals surface area contributed by atoms with E-state index in [-0.39, 0.29) is 0 Å². The maximum atomic E-state index is 4.30. The Balaban J connectivity index is 2.17. The Morgan fingerprint density at radius 3 is 3.00 bits per heavy atom. The van der Waals surface area contributed by atoms with Crippen LogP contribution >= 0.6 is 0 Å². The highest BCUT2D eigenvalue weighted by atomic mass is 14.9. The molecule has 0 saturated heterocycles. The number of hydrogen-bond donors (Lipinski definition) is 1. The molecular formula is C14H18N2. The van der Waals surface area contributed by atoms with E-state index in [1.807, 2.05) is 18.5 Å². The second-order valence-corrected chi connectivity index (χ2v) is 4.03. The molecule has 1 aliphatic heterocycles. The fraction of sp³-hybridized carbons (Fsp3) is 0.357. The molecule has 1 heterocycles. The number of benzene rings is 1. The van der Waals surface area contributed by atoms with Crippen molar-refractivity contribution in [3.63, 3.8) is 0 Å². The highest BCUT2D eigenvalue weighted by Crippen LogP contribution is 2.13. The summed E-state index contributed by atoms with van der Waals surface area (Å²) in [6.45, 7) is 1.05. The number of aliphatic imine (C=N–C) groups is 1. The summed E-state index contributed by atoms with van der Waals surface area (Å²) in [6.07, 6.45) is 10.9. The highest BCUT2D eigenvalue weighted by Gasteiger charge is 1.98. The van der Waals surface area contributed by atoms with Crippen molar-refractivity contribution < 1.29 is 0 Å². The third-order valence-electron chi connectivity index (χ3n) is 2.73. The lowest BCUT2D eigenvalue weighted by Crippen LogP contribution is -2.04. The molecule has 0 amide bonds. The predicted octanol–water partition coefficient (Wildman–Crippen LogP) is 3.61. The molecule has 1 aromatic rings. The van der Waals surface area contributed by atoms with Crippen LogP contribution in [0.1, 0.15) is 31.2 Å². The van der Waals surface area contributed by atoms with Crippen LogP contribution in [-0.4, -0.2) is 12.8 Å².